The first-order valence-electron chi connectivity index (χ1n) is 10.5. The topological polar surface area (TPSA) is 103 Å². The van der Waals surface area contributed by atoms with Crippen LogP contribution >= 0.6 is 0 Å². The third kappa shape index (κ3) is 8.16. The Morgan fingerprint density at radius 2 is 1.27 bits per heavy atom. The molecule has 1 rings (SSSR count). The molecular formula is C20H32F4NO6S2+. The molecule has 0 amide bonds. The number of nitrogens with two attached hydrogens (primary N) is 1. The lowest BCUT2D eigenvalue weighted by atomic mass is 9.74. The van der Waals surface area contributed by atoms with Crippen LogP contribution in [0.2, 0.25) is 0 Å². The molecule has 0 aliphatic heterocycles. The Hall–Kier alpha value is -1.28. The van der Waals surface area contributed by atoms with Crippen molar-refractivity contribution in [2.75, 3.05) is 32.3 Å². The van der Waals surface area contributed by atoms with Gasteiger partial charge in [0.05, 0.1) is 37.8 Å². The van der Waals surface area contributed by atoms with Gasteiger partial charge in [-0.1, -0.05) is 20.3 Å². The van der Waals surface area contributed by atoms with Crippen LogP contribution in [0.4, 0.5) is 23.2 Å². The van der Waals surface area contributed by atoms with Crippen LogP contribution in [-0.2, 0) is 34.0 Å². The van der Waals surface area contributed by atoms with Crippen molar-refractivity contribution in [3.63, 3.8) is 0 Å². The van der Waals surface area contributed by atoms with Crippen molar-refractivity contribution in [2.45, 2.75) is 57.8 Å². The zero-order valence-corrected chi connectivity index (χ0v) is 20.9. The maximum absolute atomic E-state index is 14.9. The Labute approximate surface area is 193 Å². The van der Waals surface area contributed by atoms with Gasteiger partial charge in [0.15, 0.2) is 17.3 Å². The van der Waals surface area contributed by atoms with Crippen LogP contribution < -0.4 is 5.32 Å². The fourth-order valence-electron chi connectivity index (χ4n) is 3.54. The molecule has 2 N–H and O–H groups in total. The van der Waals surface area contributed by atoms with Gasteiger partial charge in [-0.25, -0.2) is 13.2 Å². The molecule has 0 saturated heterocycles. The Morgan fingerprint density at radius 1 is 0.788 bits per heavy atom. The second-order valence-corrected chi connectivity index (χ2v) is 11.7. The van der Waals surface area contributed by atoms with E-state index in [2.05, 4.69) is 8.37 Å². The fraction of sp³-hybridized carbons (Fsp3) is 0.700. The van der Waals surface area contributed by atoms with Gasteiger partial charge in [-0.2, -0.15) is 21.2 Å². The van der Waals surface area contributed by atoms with Crippen LogP contribution in [0.5, 0.6) is 0 Å². The Morgan fingerprint density at radius 3 is 1.76 bits per heavy atom. The molecule has 0 bridgehead atoms. The summed E-state index contributed by atoms with van der Waals surface area (Å²) in [5.41, 5.74) is -1.84. The maximum Gasteiger partial charge on any atom is 0.267 e. The molecule has 0 aromatic heterocycles. The molecule has 0 saturated carbocycles. The molecule has 13 heteroatoms. The number of hydrogen-bond acceptors (Lipinski definition) is 6. The summed E-state index contributed by atoms with van der Waals surface area (Å²) >= 11 is 0. The van der Waals surface area contributed by atoms with E-state index in [1.54, 1.807) is 13.8 Å². The molecule has 0 spiro atoms. The van der Waals surface area contributed by atoms with Gasteiger partial charge in [0.25, 0.3) is 20.2 Å². The van der Waals surface area contributed by atoms with E-state index in [1.807, 2.05) is 0 Å². The third-order valence-corrected chi connectivity index (χ3v) is 8.36. The average molecular weight is 523 g/mol. The van der Waals surface area contributed by atoms with Gasteiger partial charge in [-0.05, 0) is 32.1 Å². The van der Waals surface area contributed by atoms with E-state index in [0.29, 0.717) is 6.42 Å². The summed E-state index contributed by atoms with van der Waals surface area (Å²) in [7, 11) is -5.27. The molecule has 0 heterocycles. The molecule has 0 fully saturated rings. The third-order valence-electron chi connectivity index (χ3n) is 5.76. The van der Waals surface area contributed by atoms with Gasteiger partial charge in [0.2, 0.25) is 11.6 Å². The van der Waals surface area contributed by atoms with Gasteiger partial charge in [-0.15, -0.1) is 0 Å². The molecule has 192 valence electrons. The summed E-state index contributed by atoms with van der Waals surface area (Å²) in [4.78, 5) is 0. The standard InChI is InChI=1S/C20H31F4NO6S2/c1-5-20(2,10-6-8-12-32(26,27)30-3)14-15(21)16(22)17(23)18(24)19(14)25-11-7-9-13-33(28,29)31-4/h25H,5-13H2,1-4H3/p+1. The summed E-state index contributed by atoms with van der Waals surface area (Å²) in [6.45, 7) is 3.36. The molecule has 33 heavy (non-hydrogen) atoms. The molecule has 0 aliphatic carbocycles. The van der Waals surface area contributed by atoms with Crippen LogP contribution in [0.15, 0.2) is 0 Å². The fourth-order valence-corrected chi connectivity index (χ4v) is 4.99. The maximum atomic E-state index is 14.9. The number of benzene rings is 1. The molecular weight excluding hydrogens is 490 g/mol. The first-order valence-corrected chi connectivity index (χ1v) is 13.7. The lowest BCUT2D eigenvalue weighted by molar-refractivity contribution is -0.574. The number of unbranched alkanes of at least 4 members (excludes halogenated alkanes) is 2. The lowest BCUT2D eigenvalue weighted by Gasteiger charge is -2.30. The van der Waals surface area contributed by atoms with E-state index in [9.17, 15) is 34.4 Å². The van der Waals surface area contributed by atoms with Crippen molar-refractivity contribution in [2.24, 2.45) is 0 Å². The Balaban J connectivity index is 3.13. The van der Waals surface area contributed by atoms with E-state index in [1.165, 1.54) is 5.32 Å². The van der Waals surface area contributed by atoms with Crippen molar-refractivity contribution in [3.05, 3.63) is 28.8 Å². The van der Waals surface area contributed by atoms with Gasteiger partial charge in [0.1, 0.15) is 0 Å². The van der Waals surface area contributed by atoms with E-state index in [-0.39, 0.29) is 55.7 Å². The van der Waals surface area contributed by atoms with Crippen LogP contribution in [-0.4, -0.2) is 49.1 Å². The normalized spacial score (nSPS) is 14.4. The Kier molecular flexibility index (Phi) is 11.2. The monoisotopic (exact) mass is 522 g/mol. The van der Waals surface area contributed by atoms with Crippen molar-refractivity contribution >= 4 is 25.9 Å². The summed E-state index contributed by atoms with van der Waals surface area (Å²) in [6, 6.07) is 0. The molecule has 1 atom stereocenters. The van der Waals surface area contributed by atoms with E-state index in [0.717, 1.165) is 14.2 Å². The number of halogens is 4. The molecule has 1 unspecified atom stereocenters. The highest BCUT2D eigenvalue weighted by atomic mass is 32.2. The summed E-state index contributed by atoms with van der Waals surface area (Å²) in [6.07, 6.45) is 1.36. The highest BCUT2D eigenvalue weighted by Crippen LogP contribution is 2.40. The second-order valence-electron chi connectivity index (χ2n) is 7.97. The SMILES string of the molecule is CCC(C)(CCCCS(=O)(=O)OC)c1c(F)c(F)c(F)c(F)c1[NH2+]CCCCS(=O)(=O)OC. The van der Waals surface area contributed by atoms with E-state index < -0.39 is 54.6 Å². The average Bonchev–Trinajstić information content (AvgIpc) is 2.78. The molecule has 0 radical (unpaired) electrons. The van der Waals surface area contributed by atoms with Gasteiger partial charge in [0, 0.05) is 5.41 Å². The zero-order valence-electron chi connectivity index (χ0n) is 19.2. The van der Waals surface area contributed by atoms with Crippen molar-refractivity contribution in [1.29, 1.82) is 0 Å². The zero-order chi connectivity index (χ0) is 25.4. The minimum atomic E-state index is -3.68. The Bertz CT molecular complexity index is 1020. The molecule has 7 nitrogen and oxygen atoms in total. The summed E-state index contributed by atoms with van der Waals surface area (Å²) < 4.78 is 112. The first kappa shape index (κ1) is 29.8. The minimum Gasteiger partial charge on any atom is -0.311 e. The van der Waals surface area contributed by atoms with Gasteiger partial charge < -0.3 is 5.32 Å². The number of rotatable bonds is 15. The van der Waals surface area contributed by atoms with Crippen LogP contribution in [0.25, 0.3) is 0 Å². The predicted octanol–water partition coefficient (Wildman–Crippen LogP) is 3.01. The lowest BCUT2D eigenvalue weighted by Crippen LogP contribution is -2.79. The van der Waals surface area contributed by atoms with Crippen molar-refractivity contribution in [3.8, 4) is 0 Å². The molecule has 0 aliphatic rings. The quantitative estimate of drug-likeness (QED) is 0.0949. The smallest absolute Gasteiger partial charge is 0.267 e. The number of hydrogen-bond donors (Lipinski definition) is 1. The van der Waals surface area contributed by atoms with Gasteiger partial charge >= 0.3 is 0 Å². The summed E-state index contributed by atoms with van der Waals surface area (Å²) in [5, 5.41) is 1.24. The van der Waals surface area contributed by atoms with Crippen LogP contribution in [0.3, 0.4) is 0 Å². The largest absolute Gasteiger partial charge is 0.311 e. The van der Waals surface area contributed by atoms with Crippen molar-refractivity contribution < 1.29 is 48.1 Å². The first-order chi connectivity index (χ1) is 15.2. The highest BCUT2D eigenvalue weighted by Gasteiger charge is 2.38. The van der Waals surface area contributed by atoms with Crippen LogP contribution in [0.1, 0.15) is 57.9 Å². The molecule has 1 aromatic rings. The molecule has 1 aromatic carbocycles. The van der Waals surface area contributed by atoms with E-state index >= 15 is 0 Å². The number of quaternary nitrogens is 1. The van der Waals surface area contributed by atoms with Crippen molar-refractivity contribution in [1.82, 2.24) is 0 Å². The summed E-state index contributed by atoms with van der Waals surface area (Å²) in [5.74, 6) is -7.37. The minimum absolute atomic E-state index is 0.0968. The van der Waals surface area contributed by atoms with Gasteiger partial charge in [-0.3, -0.25) is 8.37 Å². The highest BCUT2D eigenvalue weighted by molar-refractivity contribution is 7.86. The predicted molar refractivity (Wildman–Crippen MR) is 115 cm³/mol. The second kappa shape index (κ2) is 12.4. The van der Waals surface area contributed by atoms with Crippen LogP contribution in [0, 0.1) is 23.3 Å². The van der Waals surface area contributed by atoms with E-state index in [4.69, 9.17) is 0 Å².